The molecule has 1 aromatic carbocycles. The molecule has 0 bridgehead atoms. The van der Waals surface area contributed by atoms with Crippen LogP contribution in [0.4, 0.5) is 0 Å². The van der Waals surface area contributed by atoms with E-state index in [1.165, 1.54) is 12.8 Å². The molecule has 0 N–H and O–H groups in total. The smallest absolute Gasteiger partial charge is 0.147 e. The Morgan fingerprint density at radius 3 is 2.81 bits per heavy atom. The molecule has 1 aliphatic rings. The Morgan fingerprint density at radius 2 is 2.19 bits per heavy atom. The molecule has 1 aliphatic carbocycles. The van der Waals surface area contributed by atoms with Crippen molar-refractivity contribution in [3.8, 4) is 5.75 Å². The SMILES string of the molecule is CCCOc1cccc2c1nc(C(C)Cl)n2C1CC(C)C1. The number of hydrogen-bond donors (Lipinski definition) is 0. The minimum Gasteiger partial charge on any atom is -0.491 e. The van der Waals surface area contributed by atoms with Crippen LogP contribution >= 0.6 is 11.6 Å². The zero-order valence-electron chi connectivity index (χ0n) is 13.0. The van der Waals surface area contributed by atoms with Crippen molar-refractivity contribution < 1.29 is 4.74 Å². The molecule has 0 saturated heterocycles. The zero-order valence-corrected chi connectivity index (χ0v) is 13.7. The van der Waals surface area contributed by atoms with Crippen LogP contribution in [0.25, 0.3) is 11.0 Å². The topological polar surface area (TPSA) is 27.1 Å². The molecule has 1 aromatic heterocycles. The largest absolute Gasteiger partial charge is 0.491 e. The molecule has 1 atom stereocenters. The Balaban J connectivity index is 2.08. The Morgan fingerprint density at radius 1 is 1.43 bits per heavy atom. The predicted molar refractivity (Wildman–Crippen MR) is 87.2 cm³/mol. The first kappa shape index (κ1) is 14.7. The lowest BCUT2D eigenvalue weighted by Gasteiger charge is -2.35. The first-order valence-electron chi connectivity index (χ1n) is 7.89. The van der Waals surface area contributed by atoms with Crippen LogP contribution in [0.2, 0.25) is 0 Å². The van der Waals surface area contributed by atoms with E-state index in [0.717, 1.165) is 41.6 Å². The molecule has 3 rings (SSSR count). The molecule has 4 heteroatoms. The number of alkyl halides is 1. The lowest BCUT2D eigenvalue weighted by atomic mass is 9.81. The van der Waals surface area contributed by atoms with Crippen LogP contribution in [-0.4, -0.2) is 16.2 Å². The molecule has 0 radical (unpaired) electrons. The lowest BCUT2D eigenvalue weighted by Crippen LogP contribution is -2.26. The fourth-order valence-electron chi connectivity index (χ4n) is 3.17. The van der Waals surface area contributed by atoms with Crippen molar-refractivity contribution in [3.63, 3.8) is 0 Å². The standard InChI is InChI=1S/C17H23ClN2O/c1-4-8-21-15-7-5-6-14-16(15)19-17(12(3)18)20(14)13-9-11(2)10-13/h5-7,11-13H,4,8-10H2,1-3H3. The predicted octanol–water partition coefficient (Wildman–Crippen LogP) is 5.10. The Kier molecular flexibility index (Phi) is 4.12. The van der Waals surface area contributed by atoms with Gasteiger partial charge in [-0.3, -0.25) is 0 Å². The number of halogens is 1. The van der Waals surface area contributed by atoms with Gasteiger partial charge < -0.3 is 9.30 Å². The maximum absolute atomic E-state index is 6.37. The molecule has 21 heavy (non-hydrogen) atoms. The van der Waals surface area contributed by atoms with Crippen LogP contribution in [0.15, 0.2) is 18.2 Å². The molecule has 1 heterocycles. The first-order chi connectivity index (χ1) is 10.1. The van der Waals surface area contributed by atoms with E-state index in [0.29, 0.717) is 6.04 Å². The second kappa shape index (κ2) is 5.88. The number of aromatic nitrogens is 2. The fraction of sp³-hybridized carbons (Fsp3) is 0.588. The quantitative estimate of drug-likeness (QED) is 0.719. The minimum absolute atomic E-state index is 0.0904. The minimum atomic E-state index is -0.0904. The van der Waals surface area contributed by atoms with E-state index in [9.17, 15) is 0 Å². The second-order valence-corrected chi connectivity index (χ2v) is 6.81. The van der Waals surface area contributed by atoms with Gasteiger partial charge in [0, 0.05) is 6.04 Å². The van der Waals surface area contributed by atoms with Crippen LogP contribution < -0.4 is 4.74 Å². The van der Waals surface area contributed by atoms with E-state index in [2.05, 4.69) is 30.5 Å². The number of fused-ring (bicyclic) bond motifs is 1. The summed E-state index contributed by atoms with van der Waals surface area (Å²) in [5.41, 5.74) is 2.11. The Bertz CT molecular complexity index is 629. The molecule has 0 aliphatic heterocycles. The maximum Gasteiger partial charge on any atom is 0.147 e. The maximum atomic E-state index is 6.37. The fourth-order valence-corrected chi connectivity index (χ4v) is 3.33. The Labute approximate surface area is 131 Å². The summed E-state index contributed by atoms with van der Waals surface area (Å²) in [6.45, 7) is 7.13. The zero-order chi connectivity index (χ0) is 15.0. The van der Waals surface area contributed by atoms with Gasteiger partial charge in [-0.1, -0.05) is 19.9 Å². The van der Waals surface area contributed by atoms with Crippen LogP contribution in [0.3, 0.4) is 0 Å². The van der Waals surface area contributed by atoms with Gasteiger partial charge in [-0.25, -0.2) is 4.98 Å². The van der Waals surface area contributed by atoms with Gasteiger partial charge in [0.15, 0.2) is 0 Å². The highest BCUT2D eigenvalue weighted by Crippen LogP contribution is 2.42. The number of rotatable bonds is 5. The first-order valence-corrected chi connectivity index (χ1v) is 8.33. The summed E-state index contributed by atoms with van der Waals surface area (Å²) in [7, 11) is 0. The normalized spacial score (nSPS) is 23.0. The molecule has 0 amide bonds. The van der Waals surface area contributed by atoms with Gasteiger partial charge in [-0.05, 0) is 44.2 Å². The average Bonchev–Trinajstić information content (AvgIpc) is 2.81. The highest BCUT2D eigenvalue weighted by molar-refractivity contribution is 6.20. The van der Waals surface area contributed by atoms with Crippen LogP contribution in [0.5, 0.6) is 5.75 Å². The number of hydrogen-bond acceptors (Lipinski definition) is 2. The van der Waals surface area contributed by atoms with Gasteiger partial charge in [0.1, 0.15) is 17.1 Å². The summed E-state index contributed by atoms with van der Waals surface area (Å²) in [4.78, 5) is 4.80. The number of ether oxygens (including phenoxy) is 1. The number of para-hydroxylation sites is 1. The summed E-state index contributed by atoms with van der Waals surface area (Å²) in [5.74, 6) is 2.64. The molecule has 114 valence electrons. The van der Waals surface area contributed by atoms with E-state index in [1.807, 2.05) is 13.0 Å². The highest BCUT2D eigenvalue weighted by Gasteiger charge is 2.31. The van der Waals surface area contributed by atoms with E-state index in [-0.39, 0.29) is 5.38 Å². The summed E-state index contributed by atoms with van der Waals surface area (Å²) < 4.78 is 8.19. The van der Waals surface area contributed by atoms with E-state index in [4.69, 9.17) is 21.3 Å². The van der Waals surface area contributed by atoms with E-state index in [1.54, 1.807) is 0 Å². The van der Waals surface area contributed by atoms with Gasteiger partial charge in [-0.15, -0.1) is 11.6 Å². The highest BCUT2D eigenvalue weighted by atomic mass is 35.5. The number of benzene rings is 1. The summed E-state index contributed by atoms with van der Waals surface area (Å²) in [6, 6.07) is 6.72. The van der Waals surface area contributed by atoms with Crippen molar-refractivity contribution in [1.29, 1.82) is 0 Å². The van der Waals surface area contributed by atoms with Gasteiger partial charge in [0.05, 0.1) is 17.5 Å². The third-order valence-corrected chi connectivity index (χ3v) is 4.44. The molecule has 1 fully saturated rings. The molecular formula is C17H23ClN2O. The van der Waals surface area contributed by atoms with Gasteiger partial charge >= 0.3 is 0 Å². The Hall–Kier alpha value is -1.22. The monoisotopic (exact) mass is 306 g/mol. The van der Waals surface area contributed by atoms with Crippen LogP contribution in [-0.2, 0) is 0 Å². The van der Waals surface area contributed by atoms with Crippen molar-refractivity contribution in [1.82, 2.24) is 9.55 Å². The van der Waals surface area contributed by atoms with Crippen molar-refractivity contribution in [2.45, 2.75) is 51.5 Å². The molecular weight excluding hydrogens is 284 g/mol. The van der Waals surface area contributed by atoms with Gasteiger partial charge in [0.25, 0.3) is 0 Å². The van der Waals surface area contributed by atoms with Crippen LogP contribution in [0.1, 0.15) is 57.3 Å². The number of imidazole rings is 1. The van der Waals surface area contributed by atoms with Gasteiger partial charge in [-0.2, -0.15) is 0 Å². The third-order valence-electron chi connectivity index (χ3n) is 4.24. The second-order valence-electron chi connectivity index (χ2n) is 6.16. The lowest BCUT2D eigenvalue weighted by molar-refractivity contribution is 0.216. The summed E-state index contributed by atoms with van der Waals surface area (Å²) >= 11 is 6.37. The average molecular weight is 307 g/mol. The van der Waals surface area contributed by atoms with Crippen molar-refractivity contribution >= 4 is 22.6 Å². The number of nitrogens with zero attached hydrogens (tertiary/aromatic N) is 2. The van der Waals surface area contributed by atoms with Crippen LogP contribution in [0, 0.1) is 5.92 Å². The van der Waals surface area contributed by atoms with Crippen molar-refractivity contribution in [2.24, 2.45) is 5.92 Å². The summed E-state index contributed by atoms with van der Waals surface area (Å²) in [6.07, 6.45) is 3.42. The van der Waals surface area contributed by atoms with E-state index >= 15 is 0 Å². The molecule has 3 nitrogen and oxygen atoms in total. The van der Waals surface area contributed by atoms with Crippen molar-refractivity contribution in [3.05, 3.63) is 24.0 Å². The molecule has 1 saturated carbocycles. The molecule has 2 aromatic rings. The third kappa shape index (κ3) is 2.64. The van der Waals surface area contributed by atoms with Crippen molar-refractivity contribution in [2.75, 3.05) is 6.61 Å². The summed E-state index contributed by atoms with van der Waals surface area (Å²) in [5, 5.41) is -0.0904. The molecule has 0 spiro atoms. The van der Waals surface area contributed by atoms with Gasteiger partial charge in [0.2, 0.25) is 0 Å². The molecule has 1 unspecified atom stereocenters. The van der Waals surface area contributed by atoms with E-state index < -0.39 is 0 Å².